The van der Waals surface area contributed by atoms with E-state index in [1.807, 2.05) is 0 Å². The van der Waals surface area contributed by atoms with Crippen LogP contribution in [0.2, 0.25) is 0 Å². The largest absolute Gasteiger partial charge is 0.465 e. The number of esters is 1. The summed E-state index contributed by atoms with van der Waals surface area (Å²) in [6, 6.07) is 0.128. The molecule has 1 aromatic heterocycles. The van der Waals surface area contributed by atoms with E-state index in [1.165, 1.54) is 39.7 Å². The van der Waals surface area contributed by atoms with Crippen LogP contribution >= 0.6 is 0 Å². The molecule has 142 valence electrons. The van der Waals surface area contributed by atoms with Crippen molar-refractivity contribution in [1.29, 1.82) is 0 Å². The van der Waals surface area contributed by atoms with E-state index < -0.39 is 5.97 Å². The summed E-state index contributed by atoms with van der Waals surface area (Å²) in [5.74, 6) is 1.28. The van der Waals surface area contributed by atoms with Crippen molar-refractivity contribution in [3.8, 4) is 0 Å². The summed E-state index contributed by atoms with van der Waals surface area (Å²) in [7, 11) is 1.29. The van der Waals surface area contributed by atoms with Crippen LogP contribution < -0.4 is 5.32 Å². The number of rotatable bonds is 6. The molecule has 0 aromatic carbocycles. The number of Topliss-reactive ketones (excluding diaryl/α,β-unsaturated/α-hetero) is 1. The van der Waals surface area contributed by atoms with Gasteiger partial charge in [0.25, 0.3) is 0 Å². The number of ketones is 1. The zero-order valence-corrected chi connectivity index (χ0v) is 16.0. The van der Waals surface area contributed by atoms with Gasteiger partial charge < -0.3 is 15.0 Å². The molecule has 2 fully saturated rings. The van der Waals surface area contributed by atoms with E-state index in [-0.39, 0.29) is 24.2 Å². The molecule has 1 heterocycles. The van der Waals surface area contributed by atoms with Crippen LogP contribution in [0.25, 0.3) is 0 Å². The molecule has 0 aliphatic heterocycles. The maximum Gasteiger partial charge on any atom is 0.339 e. The van der Waals surface area contributed by atoms with Crippen molar-refractivity contribution in [1.82, 2.24) is 10.3 Å². The second-order valence-corrected chi connectivity index (χ2v) is 7.90. The van der Waals surface area contributed by atoms with Gasteiger partial charge >= 0.3 is 5.97 Å². The minimum absolute atomic E-state index is 0.0315. The topological polar surface area (TPSA) is 88.3 Å². The fraction of sp³-hybridized carbons (Fsp3) is 0.650. The summed E-state index contributed by atoms with van der Waals surface area (Å²) in [4.78, 5) is 39.4. The third-order valence-electron chi connectivity index (χ3n) is 6.23. The predicted octanol–water partition coefficient (Wildman–Crippen LogP) is 2.80. The zero-order valence-electron chi connectivity index (χ0n) is 16.0. The van der Waals surface area contributed by atoms with E-state index in [1.54, 1.807) is 6.92 Å². The standard InChI is InChI=1S/C20H28N2O4/c1-10-18(20(25)26-4)16(22-19(10)12(3)23)9-17(24)21-11(2)15-8-13-5-6-14(15)7-13/h11,13-15,22H,5-9H2,1-4H3,(H,21,24)/t11-,13-,14-,15-/m0/s1. The summed E-state index contributed by atoms with van der Waals surface area (Å²) >= 11 is 0. The number of hydrogen-bond acceptors (Lipinski definition) is 4. The molecule has 0 radical (unpaired) electrons. The van der Waals surface area contributed by atoms with Gasteiger partial charge in [-0.2, -0.15) is 0 Å². The molecule has 4 atom stereocenters. The number of carbonyl (C=O) groups excluding carboxylic acids is 3. The molecule has 6 nitrogen and oxygen atoms in total. The molecule has 26 heavy (non-hydrogen) atoms. The third-order valence-corrected chi connectivity index (χ3v) is 6.23. The smallest absolute Gasteiger partial charge is 0.339 e. The number of amides is 1. The number of aromatic amines is 1. The Bertz CT molecular complexity index is 736. The van der Waals surface area contributed by atoms with Gasteiger partial charge in [-0.05, 0) is 56.4 Å². The van der Waals surface area contributed by atoms with Gasteiger partial charge in [0.1, 0.15) is 0 Å². The highest BCUT2D eigenvalue weighted by atomic mass is 16.5. The van der Waals surface area contributed by atoms with E-state index >= 15 is 0 Å². The number of H-pyrrole nitrogens is 1. The number of hydrogen-bond donors (Lipinski definition) is 2. The van der Waals surface area contributed by atoms with Crippen molar-refractivity contribution in [2.24, 2.45) is 17.8 Å². The van der Waals surface area contributed by atoms with Gasteiger partial charge in [0.15, 0.2) is 5.78 Å². The number of ether oxygens (including phenoxy) is 1. The van der Waals surface area contributed by atoms with Gasteiger partial charge in [-0.25, -0.2) is 4.79 Å². The monoisotopic (exact) mass is 360 g/mol. The third kappa shape index (κ3) is 3.41. The van der Waals surface area contributed by atoms with Crippen LogP contribution in [0.5, 0.6) is 0 Å². The summed E-state index contributed by atoms with van der Waals surface area (Å²) < 4.78 is 4.83. The van der Waals surface area contributed by atoms with Gasteiger partial charge in [-0.3, -0.25) is 9.59 Å². The highest BCUT2D eigenvalue weighted by Crippen LogP contribution is 2.49. The molecule has 1 amide bonds. The van der Waals surface area contributed by atoms with Crippen LogP contribution in [0.3, 0.4) is 0 Å². The van der Waals surface area contributed by atoms with Crippen molar-refractivity contribution in [3.63, 3.8) is 0 Å². The highest BCUT2D eigenvalue weighted by molar-refractivity contribution is 6.01. The Hall–Kier alpha value is -2.11. The van der Waals surface area contributed by atoms with Crippen LogP contribution in [0.4, 0.5) is 0 Å². The Labute approximate surface area is 154 Å². The lowest BCUT2D eigenvalue weighted by atomic mass is 9.84. The predicted molar refractivity (Wildman–Crippen MR) is 97.1 cm³/mol. The molecule has 2 bridgehead atoms. The lowest BCUT2D eigenvalue weighted by Crippen LogP contribution is -2.41. The molecule has 2 aliphatic carbocycles. The van der Waals surface area contributed by atoms with E-state index in [2.05, 4.69) is 17.2 Å². The second-order valence-electron chi connectivity index (χ2n) is 7.90. The van der Waals surface area contributed by atoms with Gasteiger partial charge in [0, 0.05) is 18.7 Å². The highest BCUT2D eigenvalue weighted by Gasteiger charge is 2.42. The van der Waals surface area contributed by atoms with Gasteiger partial charge in [0.05, 0.1) is 24.8 Å². The van der Waals surface area contributed by atoms with Crippen molar-refractivity contribution < 1.29 is 19.1 Å². The first-order valence-corrected chi connectivity index (χ1v) is 9.41. The van der Waals surface area contributed by atoms with Crippen LogP contribution in [0, 0.1) is 24.7 Å². The first-order valence-electron chi connectivity index (χ1n) is 9.41. The Morgan fingerprint density at radius 3 is 2.54 bits per heavy atom. The molecule has 0 spiro atoms. The van der Waals surface area contributed by atoms with E-state index in [9.17, 15) is 14.4 Å². The summed E-state index contributed by atoms with van der Waals surface area (Å²) in [5, 5.41) is 3.10. The van der Waals surface area contributed by atoms with Gasteiger partial charge in [0.2, 0.25) is 5.91 Å². The maximum absolute atomic E-state index is 12.6. The van der Waals surface area contributed by atoms with E-state index in [4.69, 9.17) is 4.74 Å². The quantitative estimate of drug-likeness (QED) is 0.603. The van der Waals surface area contributed by atoms with Crippen molar-refractivity contribution in [3.05, 3.63) is 22.5 Å². The van der Waals surface area contributed by atoms with Gasteiger partial charge in [-0.1, -0.05) is 6.42 Å². The molecule has 2 saturated carbocycles. The number of nitrogens with one attached hydrogen (secondary N) is 2. The molecule has 0 saturated heterocycles. The average Bonchev–Trinajstić information content (AvgIpc) is 3.28. The normalized spacial score (nSPS) is 25.2. The maximum atomic E-state index is 12.6. The fourth-order valence-electron chi connectivity index (χ4n) is 5.00. The Morgan fingerprint density at radius 2 is 2.00 bits per heavy atom. The summed E-state index contributed by atoms with van der Waals surface area (Å²) in [6.07, 6.45) is 5.15. The molecule has 6 heteroatoms. The molecule has 3 rings (SSSR count). The lowest BCUT2D eigenvalue weighted by molar-refractivity contribution is -0.121. The lowest BCUT2D eigenvalue weighted by Gasteiger charge is -2.28. The first-order chi connectivity index (χ1) is 12.3. The van der Waals surface area contributed by atoms with E-state index in [0.717, 1.165) is 11.8 Å². The van der Waals surface area contributed by atoms with Gasteiger partial charge in [-0.15, -0.1) is 0 Å². The number of methoxy groups -OCH3 is 1. The molecular weight excluding hydrogens is 332 g/mol. The van der Waals surface area contributed by atoms with Crippen LogP contribution in [0.1, 0.15) is 71.6 Å². The zero-order chi connectivity index (χ0) is 19.0. The molecule has 2 N–H and O–H groups in total. The van der Waals surface area contributed by atoms with Crippen molar-refractivity contribution in [2.75, 3.05) is 7.11 Å². The second kappa shape index (κ2) is 7.25. The van der Waals surface area contributed by atoms with Crippen LogP contribution in [-0.4, -0.2) is 35.8 Å². The van der Waals surface area contributed by atoms with Crippen LogP contribution in [0.15, 0.2) is 0 Å². The van der Waals surface area contributed by atoms with Crippen molar-refractivity contribution in [2.45, 2.75) is 58.9 Å². The Kier molecular flexibility index (Phi) is 5.21. The Morgan fingerprint density at radius 1 is 1.27 bits per heavy atom. The van der Waals surface area contributed by atoms with Crippen molar-refractivity contribution >= 4 is 17.7 Å². The molecule has 0 unspecified atom stereocenters. The minimum Gasteiger partial charge on any atom is -0.465 e. The summed E-state index contributed by atoms with van der Waals surface area (Å²) in [5.41, 5.74) is 1.63. The number of aromatic nitrogens is 1. The molecule has 2 aliphatic rings. The summed E-state index contributed by atoms with van der Waals surface area (Å²) in [6.45, 7) is 5.20. The fourth-order valence-corrected chi connectivity index (χ4v) is 5.00. The Balaban J connectivity index is 1.71. The average molecular weight is 360 g/mol. The SMILES string of the molecule is COC(=O)c1c(CC(=O)N[C@@H](C)[C@@H]2C[C@H]3CC[C@H]2C3)[nH]c(C(C)=O)c1C. The minimum atomic E-state index is -0.532. The molecular formula is C20H28N2O4. The van der Waals surface area contributed by atoms with E-state index in [0.29, 0.717) is 28.4 Å². The number of fused-ring (bicyclic) bond motifs is 2. The first kappa shape index (κ1) is 18.7. The molecule has 1 aromatic rings. The van der Waals surface area contributed by atoms with Crippen LogP contribution in [-0.2, 0) is 16.0 Å². The number of carbonyl (C=O) groups is 3.